The van der Waals surface area contributed by atoms with Crippen molar-refractivity contribution in [1.82, 2.24) is 10.6 Å². The van der Waals surface area contributed by atoms with Crippen LogP contribution in [0.25, 0.3) is 6.08 Å². The van der Waals surface area contributed by atoms with Gasteiger partial charge in [0, 0.05) is 18.2 Å². The third-order valence-electron chi connectivity index (χ3n) is 3.97. The Balaban J connectivity index is 1.66. The van der Waals surface area contributed by atoms with E-state index < -0.39 is 11.8 Å². The monoisotopic (exact) mass is 378 g/mol. The number of furan rings is 1. The minimum Gasteiger partial charge on any atom is -0.465 e. The topological polar surface area (TPSA) is 71.3 Å². The summed E-state index contributed by atoms with van der Waals surface area (Å²) in [5, 5.41) is 5.39. The van der Waals surface area contributed by atoms with Gasteiger partial charge in [0.05, 0.1) is 6.26 Å². The quantitative estimate of drug-likeness (QED) is 0.618. The van der Waals surface area contributed by atoms with Crippen molar-refractivity contribution < 1.29 is 18.4 Å². The Labute approximate surface area is 161 Å². The molecule has 0 saturated carbocycles. The molecule has 3 aromatic rings. The van der Waals surface area contributed by atoms with Gasteiger partial charge in [-0.05, 0) is 48.4 Å². The van der Waals surface area contributed by atoms with Crippen LogP contribution in [0.15, 0.2) is 83.1 Å². The van der Waals surface area contributed by atoms with Gasteiger partial charge in [0.1, 0.15) is 17.3 Å². The first-order chi connectivity index (χ1) is 13.6. The molecule has 0 aliphatic heterocycles. The van der Waals surface area contributed by atoms with Crippen molar-refractivity contribution in [1.29, 1.82) is 0 Å². The molecule has 0 atom stereocenters. The second kappa shape index (κ2) is 9.32. The Hall–Kier alpha value is -3.67. The number of nitrogens with one attached hydrogen (secondary N) is 2. The highest BCUT2D eigenvalue weighted by atomic mass is 19.1. The highest BCUT2D eigenvalue weighted by Gasteiger charge is 2.15. The van der Waals surface area contributed by atoms with Crippen molar-refractivity contribution in [2.45, 2.75) is 6.42 Å². The maximum atomic E-state index is 13.0. The van der Waals surface area contributed by atoms with E-state index in [9.17, 15) is 14.0 Å². The molecule has 0 bridgehead atoms. The van der Waals surface area contributed by atoms with Gasteiger partial charge in [-0.2, -0.15) is 0 Å². The van der Waals surface area contributed by atoms with Gasteiger partial charge in [-0.15, -0.1) is 0 Å². The Morgan fingerprint density at radius 3 is 2.39 bits per heavy atom. The zero-order valence-electron chi connectivity index (χ0n) is 15.0. The lowest BCUT2D eigenvalue weighted by Crippen LogP contribution is -2.35. The number of carbonyl (C=O) groups excluding carboxylic acids is 2. The third-order valence-corrected chi connectivity index (χ3v) is 3.97. The van der Waals surface area contributed by atoms with Crippen molar-refractivity contribution >= 4 is 17.9 Å². The van der Waals surface area contributed by atoms with Crippen molar-refractivity contribution in [3.05, 3.63) is 101 Å². The maximum absolute atomic E-state index is 13.0. The minimum absolute atomic E-state index is 0.0721. The molecule has 0 aliphatic carbocycles. The number of hydrogen-bond donors (Lipinski definition) is 2. The van der Waals surface area contributed by atoms with Crippen molar-refractivity contribution in [3.8, 4) is 0 Å². The van der Waals surface area contributed by atoms with Crippen LogP contribution in [0.2, 0.25) is 0 Å². The molecule has 1 heterocycles. The second-order valence-electron chi connectivity index (χ2n) is 6.03. The lowest BCUT2D eigenvalue weighted by Gasteiger charge is -2.11. The fourth-order valence-electron chi connectivity index (χ4n) is 2.52. The maximum Gasteiger partial charge on any atom is 0.267 e. The number of benzene rings is 2. The van der Waals surface area contributed by atoms with Crippen LogP contribution in [0.3, 0.4) is 0 Å². The Morgan fingerprint density at radius 2 is 1.71 bits per heavy atom. The van der Waals surface area contributed by atoms with Crippen LogP contribution >= 0.6 is 0 Å². The summed E-state index contributed by atoms with van der Waals surface area (Å²) in [5.74, 6) is -0.702. The van der Waals surface area contributed by atoms with Crippen molar-refractivity contribution in [2.24, 2.45) is 0 Å². The summed E-state index contributed by atoms with van der Waals surface area (Å²) in [5.41, 5.74) is 1.40. The van der Waals surface area contributed by atoms with Gasteiger partial charge < -0.3 is 15.1 Å². The SMILES string of the molecule is O=C(NCCc1ccc(F)cc1)/C(=C/c1ccco1)NC(=O)c1ccccc1. The summed E-state index contributed by atoms with van der Waals surface area (Å²) in [6.45, 7) is 0.334. The van der Waals surface area contributed by atoms with Gasteiger partial charge in [0.15, 0.2) is 0 Å². The molecule has 0 radical (unpaired) electrons. The predicted octanol–water partition coefficient (Wildman–Crippen LogP) is 3.55. The molecule has 28 heavy (non-hydrogen) atoms. The van der Waals surface area contributed by atoms with E-state index in [1.54, 1.807) is 54.6 Å². The zero-order chi connectivity index (χ0) is 19.8. The molecular formula is C22H19FN2O3. The summed E-state index contributed by atoms with van der Waals surface area (Å²) in [6, 6.07) is 18.1. The first-order valence-electron chi connectivity index (χ1n) is 8.76. The van der Waals surface area contributed by atoms with Gasteiger partial charge in [-0.1, -0.05) is 30.3 Å². The van der Waals surface area contributed by atoms with Crippen LogP contribution < -0.4 is 10.6 Å². The average Bonchev–Trinajstić information content (AvgIpc) is 3.22. The number of halogens is 1. The van der Waals surface area contributed by atoms with Gasteiger partial charge in [-0.25, -0.2) is 4.39 Å². The zero-order valence-corrected chi connectivity index (χ0v) is 15.0. The number of carbonyl (C=O) groups is 2. The Bertz CT molecular complexity index is 949. The van der Waals surface area contributed by atoms with E-state index in [2.05, 4.69) is 10.6 Å². The summed E-state index contributed by atoms with van der Waals surface area (Å²) < 4.78 is 18.2. The predicted molar refractivity (Wildman–Crippen MR) is 104 cm³/mol. The second-order valence-corrected chi connectivity index (χ2v) is 6.03. The van der Waals surface area contributed by atoms with Crippen LogP contribution in [0.4, 0.5) is 4.39 Å². The fourth-order valence-corrected chi connectivity index (χ4v) is 2.52. The summed E-state index contributed by atoms with van der Waals surface area (Å²) in [6.07, 6.45) is 3.48. The smallest absolute Gasteiger partial charge is 0.267 e. The molecule has 142 valence electrons. The molecule has 0 spiro atoms. The minimum atomic E-state index is -0.442. The van der Waals surface area contributed by atoms with E-state index in [0.29, 0.717) is 24.3 Å². The summed E-state index contributed by atoms with van der Waals surface area (Å²) in [7, 11) is 0. The van der Waals surface area contributed by atoms with Crippen LogP contribution in [0.1, 0.15) is 21.7 Å². The van der Waals surface area contributed by atoms with Crippen LogP contribution in [0.5, 0.6) is 0 Å². The normalized spacial score (nSPS) is 11.1. The molecule has 3 rings (SSSR count). The number of hydrogen-bond acceptors (Lipinski definition) is 3. The van der Waals surface area contributed by atoms with E-state index in [4.69, 9.17) is 4.42 Å². The molecule has 0 aliphatic rings. The third kappa shape index (κ3) is 5.41. The standard InChI is InChI=1S/C22H19FN2O3/c23-18-10-8-16(9-11-18)12-13-24-22(27)20(15-19-7-4-14-28-19)25-21(26)17-5-2-1-3-6-17/h1-11,14-15H,12-13H2,(H,24,27)(H,25,26)/b20-15-. The van der Waals surface area contributed by atoms with Crippen LogP contribution in [0, 0.1) is 5.82 Å². The number of amides is 2. The van der Waals surface area contributed by atoms with Gasteiger partial charge in [0.2, 0.25) is 0 Å². The van der Waals surface area contributed by atoms with Crippen molar-refractivity contribution in [2.75, 3.05) is 6.54 Å². The molecule has 2 N–H and O–H groups in total. The van der Waals surface area contributed by atoms with E-state index in [1.165, 1.54) is 24.5 Å². The Kier molecular flexibility index (Phi) is 6.36. The summed E-state index contributed by atoms with van der Waals surface area (Å²) in [4.78, 5) is 25.0. The molecule has 2 aromatic carbocycles. The van der Waals surface area contributed by atoms with E-state index >= 15 is 0 Å². The molecular weight excluding hydrogens is 359 g/mol. The molecule has 0 saturated heterocycles. The summed E-state index contributed by atoms with van der Waals surface area (Å²) >= 11 is 0. The highest BCUT2D eigenvalue weighted by molar-refractivity contribution is 6.05. The average molecular weight is 378 g/mol. The van der Waals surface area contributed by atoms with Gasteiger partial charge >= 0.3 is 0 Å². The van der Waals surface area contributed by atoms with E-state index in [1.807, 2.05) is 0 Å². The fraction of sp³-hybridized carbons (Fsp3) is 0.0909. The number of rotatable bonds is 7. The lowest BCUT2D eigenvalue weighted by molar-refractivity contribution is -0.117. The van der Waals surface area contributed by atoms with Gasteiger partial charge in [0.25, 0.3) is 11.8 Å². The first-order valence-corrected chi connectivity index (χ1v) is 8.76. The molecule has 0 unspecified atom stereocenters. The highest BCUT2D eigenvalue weighted by Crippen LogP contribution is 2.08. The molecule has 5 nitrogen and oxygen atoms in total. The van der Waals surface area contributed by atoms with Crippen LogP contribution in [-0.2, 0) is 11.2 Å². The van der Waals surface area contributed by atoms with Crippen LogP contribution in [-0.4, -0.2) is 18.4 Å². The van der Waals surface area contributed by atoms with E-state index in [-0.39, 0.29) is 11.5 Å². The largest absolute Gasteiger partial charge is 0.465 e. The molecule has 6 heteroatoms. The molecule has 0 fully saturated rings. The van der Waals surface area contributed by atoms with Gasteiger partial charge in [-0.3, -0.25) is 9.59 Å². The Morgan fingerprint density at radius 1 is 0.964 bits per heavy atom. The van der Waals surface area contributed by atoms with Crippen molar-refractivity contribution in [3.63, 3.8) is 0 Å². The first kappa shape index (κ1) is 19.1. The lowest BCUT2D eigenvalue weighted by atomic mass is 10.1. The van der Waals surface area contributed by atoms with E-state index in [0.717, 1.165) is 5.56 Å². The molecule has 1 aromatic heterocycles. The molecule has 2 amide bonds.